The molecule has 10 heteroatoms. The number of carbonyl (C=O) groups is 2. The van der Waals surface area contributed by atoms with E-state index in [0.717, 1.165) is 39.8 Å². The van der Waals surface area contributed by atoms with E-state index in [0.29, 0.717) is 63.4 Å². The molecule has 34 heavy (non-hydrogen) atoms. The summed E-state index contributed by atoms with van der Waals surface area (Å²) in [7, 11) is -1.54. The predicted octanol–water partition coefficient (Wildman–Crippen LogP) is 0.952. The molecule has 0 bridgehead atoms. The highest BCUT2D eigenvalue weighted by molar-refractivity contribution is 9.10. The van der Waals surface area contributed by atoms with Gasteiger partial charge in [-0.15, -0.1) is 0 Å². The number of carbonyl (C=O) groups excluding carboxylic acids is 2. The van der Waals surface area contributed by atoms with E-state index in [4.69, 9.17) is 19.5 Å². The first-order valence-electron chi connectivity index (χ1n) is 11.6. The van der Waals surface area contributed by atoms with Gasteiger partial charge in [0.15, 0.2) is 0 Å². The molecule has 2 N–H and O–H groups in total. The van der Waals surface area contributed by atoms with Crippen molar-refractivity contribution in [2.45, 2.75) is 49.4 Å². The number of halogens is 1. The van der Waals surface area contributed by atoms with Crippen LogP contribution in [0.5, 0.6) is 0 Å². The predicted molar refractivity (Wildman–Crippen MR) is 127 cm³/mol. The minimum atomic E-state index is -1.54. The van der Waals surface area contributed by atoms with Crippen molar-refractivity contribution in [2.75, 3.05) is 26.4 Å². The number of rotatable bonds is 1. The second kappa shape index (κ2) is 9.24. The summed E-state index contributed by atoms with van der Waals surface area (Å²) in [5, 5.41) is 18.3. The number of fused-ring (bicyclic) bond motifs is 4. The van der Waals surface area contributed by atoms with Gasteiger partial charge in [0.1, 0.15) is 11.6 Å². The summed E-state index contributed by atoms with van der Waals surface area (Å²) in [4.78, 5) is 33.3. The van der Waals surface area contributed by atoms with Gasteiger partial charge in [0.05, 0.1) is 22.2 Å². The molecule has 0 radical (unpaired) electrons. The Kier molecular flexibility index (Phi) is 6.45. The van der Waals surface area contributed by atoms with Gasteiger partial charge in [0, 0.05) is 61.6 Å². The van der Waals surface area contributed by atoms with Crippen LogP contribution in [0.15, 0.2) is 29.0 Å². The van der Waals surface area contributed by atoms with Crippen LogP contribution in [0.1, 0.15) is 48.2 Å². The molecule has 8 nitrogen and oxygen atoms in total. The third-order valence-electron chi connectivity index (χ3n) is 7.59. The third kappa shape index (κ3) is 3.95. The van der Waals surface area contributed by atoms with Gasteiger partial charge in [0.25, 0.3) is 0 Å². The van der Waals surface area contributed by atoms with Crippen molar-refractivity contribution in [2.24, 2.45) is 0 Å². The average Bonchev–Trinajstić information content (AvgIpc) is 3.25. The SMILES string of the molecule is O=C1Cc2cc(B(O)O)cnc2C12CCOCC2.O=C1Cc2cc(Br)cnc2C12CCOCC2. The molecule has 6 rings (SSSR count). The van der Waals surface area contributed by atoms with Crippen molar-refractivity contribution in [1.29, 1.82) is 0 Å². The molecule has 0 aromatic carbocycles. The number of aromatic nitrogens is 2. The molecular weight excluding hydrogens is 503 g/mol. The second-order valence-corrected chi connectivity index (χ2v) is 10.3. The van der Waals surface area contributed by atoms with Crippen molar-refractivity contribution < 1.29 is 29.1 Å². The van der Waals surface area contributed by atoms with E-state index in [1.54, 1.807) is 12.3 Å². The molecule has 2 aromatic rings. The normalized spacial score (nSPS) is 21.7. The second-order valence-electron chi connectivity index (χ2n) is 9.40. The zero-order valence-electron chi connectivity index (χ0n) is 18.8. The molecule has 0 unspecified atom stereocenters. The standard InChI is InChI=1S/C12H14BNO4.C12H12BrNO2/c15-10-6-8-5-9(13(16)17)7-14-11(8)12(10)1-3-18-4-2-12;13-9-5-8-6-10(15)12(11(8)14-7-9)1-3-16-4-2-12/h5,7,16-17H,1-4,6H2;5,7H,1-4,6H2. The van der Waals surface area contributed by atoms with Gasteiger partial charge >= 0.3 is 7.12 Å². The Morgan fingerprint density at radius 1 is 0.794 bits per heavy atom. The molecule has 2 aliphatic heterocycles. The lowest BCUT2D eigenvalue weighted by Crippen LogP contribution is -2.39. The van der Waals surface area contributed by atoms with E-state index in [1.165, 1.54) is 6.20 Å². The highest BCUT2D eigenvalue weighted by Gasteiger charge is 2.49. The highest BCUT2D eigenvalue weighted by Crippen LogP contribution is 2.43. The lowest BCUT2D eigenvalue weighted by Gasteiger charge is -2.31. The molecule has 2 spiro atoms. The number of Topliss-reactive ketones (excluding diaryl/α,β-unsaturated/α-hetero) is 2. The number of ether oxygens (including phenoxy) is 2. The van der Waals surface area contributed by atoms with Crippen molar-refractivity contribution in [1.82, 2.24) is 9.97 Å². The van der Waals surface area contributed by atoms with Crippen LogP contribution in [-0.2, 0) is 42.7 Å². The first-order chi connectivity index (χ1) is 16.4. The van der Waals surface area contributed by atoms with Gasteiger partial charge in [-0.1, -0.05) is 6.07 Å². The molecule has 2 fully saturated rings. The van der Waals surface area contributed by atoms with Crippen LogP contribution >= 0.6 is 15.9 Å². The zero-order chi connectivity index (χ0) is 23.9. The van der Waals surface area contributed by atoms with Gasteiger partial charge in [-0.25, -0.2) is 0 Å². The number of pyridine rings is 2. The van der Waals surface area contributed by atoms with Crippen LogP contribution in [-0.4, -0.2) is 65.1 Å². The lowest BCUT2D eigenvalue weighted by atomic mass is 9.76. The van der Waals surface area contributed by atoms with Crippen LogP contribution in [0.2, 0.25) is 0 Å². The highest BCUT2D eigenvalue weighted by atomic mass is 79.9. The molecule has 178 valence electrons. The first-order valence-corrected chi connectivity index (χ1v) is 12.4. The van der Waals surface area contributed by atoms with Crippen LogP contribution in [0.4, 0.5) is 0 Å². The summed E-state index contributed by atoms with van der Waals surface area (Å²) in [6, 6.07) is 3.69. The summed E-state index contributed by atoms with van der Waals surface area (Å²) in [6.07, 6.45) is 7.01. The minimum absolute atomic E-state index is 0.179. The van der Waals surface area contributed by atoms with E-state index in [-0.39, 0.29) is 11.2 Å². The molecule has 0 amide bonds. The van der Waals surface area contributed by atoms with Crippen molar-refractivity contribution >= 4 is 40.1 Å². The average molecular weight is 529 g/mol. The first kappa shape index (κ1) is 23.8. The third-order valence-corrected chi connectivity index (χ3v) is 8.02. The Labute approximate surface area is 206 Å². The summed E-state index contributed by atoms with van der Waals surface area (Å²) < 4.78 is 11.6. The number of nitrogens with zero attached hydrogens (tertiary/aromatic N) is 2. The summed E-state index contributed by atoms with van der Waals surface area (Å²) in [5.41, 5.74) is 3.21. The summed E-state index contributed by atoms with van der Waals surface area (Å²) in [5.74, 6) is 0.495. The van der Waals surface area contributed by atoms with Crippen molar-refractivity contribution in [3.63, 3.8) is 0 Å². The minimum Gasteiger partial charge on any atom is -0.423 e. The van der Waals surface area contributed by atoms with Gasteiger partial charge in [-0.05, 0) is 58.8 Å². The Balaban J connectivity index is 0.000000142. The van der Waals surface area contributed by atoms with Gasteiger partial charge < -0.3 is 19.5 Å². The maximum atomic E-state index is 12.3. The van der Waals surface area contributed by atoms with Crippen LogP contribution in [0.3, 0.4) is 0 Å². The molecule has 4 aliphatic rings. The molecule has 4 heterocycles. The molecular formula is C24H26BBrN2O6. The maximum absolute atomic E-state index is 12.3. The smallest absolute Gasteiger partial charge is 0.423 e. The fourth-order valence-electron chi connectivity index (χ4n) is 5.70. The molecule has 0 saturated carbocycles. The number of hydrogen-bond acceptors (Lipinski definition) is 8. The largest absolute Gasteiger partial charge is 0.490 e. The topological polar surface area (TPSA) is 119 Å². The maximum Gasteiger partial charge on any atom is 0.490 e. The Morgan fingerprint density at radius 3 is 1.76 bits per heavy atom. The van der Waals surface area contributed by atoms with Gasteiger partial charge in [-0.3, -0.25) is 19.6 Å². The Bertz CT molecular complexity index is 1130. The quantitative estimate of drug-likeness (QED) is 0.525. The number of ketones is 2. The van der Waals surface area contributed by atoms with E-state index in [2.05, 4.69) is 25.9 Å². The van der Waals surface area contributed by atoms with Crippen LogP contribution in [0, 0.1) is 0 Å². The monoisotopic (exact) mass is 528 g/mol. The van der Waals surface area contributed by atoms with E-state index in [9.17, 15) is 9.59 Å². The Morgan fingerprint density at radius 2 is 1.26 bits per heavy atom. The lowest BCUT2D eigenvalue weighted by molar-refractivity contribution is -0.127. The summed E-state index contributed by atoms with van der Waals surface area (Å²) in [6.45, 7) is 2.50. The van der Waals surface area contributed by atoms with Gasteiger partial charge in [0.2, 0.25) is 0 Å². The van der Waals surface area contributed by atoms with E-state index < -0.39 is 12.5 Å². The van der Waals surface area contributed by atoms with Crippen molar-refractivity contribution in [3.05, 3.63) is 51.5 Å². The van der Waals surface area contributed by atoms with Gasteiger partial charge in [-0.2, -0.15) is 0 Å². The Hall–Kier alpha value is -1.98. The molecule has 2 saturated heterocycles. The fourth-order valence-corrected chi connectivity index (χ4v) is 6.08. The van der Waals surface area contributed by atoms with E-state index in [1.807, 2.05) is 6.07 Å². The number of hydrogen-bond donors (Lipinski definition) is 2. The van der Waals surface area contributed by atoms with E-state index >= 15 is 0 Å². The fraction of sp³-hybridized carbons (Fsp3) is 0.500. The van der Waals surface area contributed by atoms with Crippen LogP contribution in [0.25, 0.3) is 0 Å². The molecule has 2 aliphatic carbocycles. The van der Waals surface area contributed by atoms with Crippen molar-refractivity contribution in [3.8, 4) is 0 Å². The molecule has 0 atom stereocenters. The molecule has 2 aromatic heterocycles. The van der Waals surface area contributed by atoms with Crippen LogP contribution < -0.4 is 5.46 Å². The summed E-state index contributed by atoms with van der Waals surface area (Å²) >= 11 is 3.40. The zero-order valence-corrected chi connectivity index (χ0v) is 20.3.